The van der Waals surface area contributed by atoms with Gasteiger partial charge in [0.2, 0.25) is 5.91 Å². The van der Waals surface area contributed by atoms with Crippen molar-refractivity contribution in [1.29, 1.82) is 0 Å². The molecule has 0 saturated heterocycles. The number of ether oxygens (including phenoxy) is 1. The second-order valence-electron chi connectivity index (χ2n) is 8.72. The number of nitrogens with zero attached hydrogens (tertiary/aromatic N) is 1. The highest BCUT2D eigenvalue weighted by atomic mass is 32.1. The van der Waals surface area contributed by atoms with E-state index in [1.54, 1.807) is 36.5 Å². The summed E-state index contributed by atoms with van der Waals surface area (Å²) in [7, 11) is 0. The minimum atomic E-state index is -0.364. The third-order valence-electron chi connectivity index (χ3n) is 5.72. The van der Waals surface area contributed by atoms with Crippen molar-refractivity contribution in [2.75, 3.05) is 0 Å². The first kappa shape index (κ1) is 27.8. The van der Waals surface area contributed by atoms with Crippen LogP contribution in [0, 0.1) is 0 Å². The molecule has 1 N–H and O–H groups in total. The van der Waals surface area contributed by atoms with Gasteiger partial charge in [-0.2, -0.15) is 5.10 Å². The van der Waals surface area contributed by atoms with Crippen LogP contribution in [0.5, 0.6) is 5.75 Å². The summed E-state index contributed by atoms with van der Waals surface area (Å²) in [5.74, 6) is 0.0552. The number of amides is 1. The second-order valence-corrected chi connectivity index (χ2v) is 9.67. The second kappa shape index (κ2) is 17.9. The maximum Gasteiger partial charge on any atom is 0.353 e. The molecule has 1 aromatic heterocycles. The van der Waals surface area contributed by atoms with E-state index in [4.69, 9.17) is 4.74 Å². The van der Waals surface area contributed by atoms with Gasteiger partial charge in [0, 0.05) is 6.42 Å². The van der Waals surface area contributed by atoms with E-state index >= 15 is 0 Å². The molecule has 1 aromatic carbocycles. The predicted molar refractivity (Wildman–Crippen MR) is 142 cm³/mol. The molecule has 0 aliphatic rings. The van der Waals surface area contributed by atoms with Crippen molar-refractivity contribution < 1.29 is 14.3 Å². The van der Waals surface area contributed by atoms with E-state index in [9.17, 15) is 9.59 Å². The molecule has 186 valence electrons. The Morgan fingerprint density at radius 3 is 2.00 bits per heavy atom. The Kier molecular flexibility index (Phi) is 14.6. The average molecular weight is 485 g/mol. The standard InChI is InChI=1S/C28H40N2O3S/c1-2-3-4-5-6-7-8-9-10-11-12-13-14-17-27(31)30-29-23-24-18-20-25(21-19-24)33-28(32)26-16-15-22-34-26/h15-16,18-23H,2-14,17H2,1H3,(H,30,31)/b29-23+. The first-order chi connectivity index (χ1) is 16.7. The van der Waals surface area contributed by atoms with Crippen molar-refractivity contribution >= 4 is 29.4 Å². The summed E-state index contributed by atoms with van der Waals surface area (Å²) in [6.07, 6.45) is 18.9. The fourth-order valence-corrected chi connectivity index (χ4v) is 4.31. The van der Waals surface area contributed by atoms with E-state index < -0.39 is 0 Å². The van der Waals surface area contributed by atoms with Crippen LogP contribution < -0.4 is 10.2 Å². The summed E-state index contributed by atoms with van der Waals surface area (Å²) >= 11 is 1.35. The molecule has 2 aromatic rings. The van der Waals surface area contributed by atoms with Gasteiger partial charge in [-0.05, 0) is 47.7 Å². The minimum Gasteiger partial charge on any atom is -0.422 e. The quantitative estimate of drug-likeness (QED) is 0.0768. The van der Waals surface area contributed by atoms with E-state index in [1.807, 2.05) is 11.4 Å². The van der Waals surface area contributed by atoms with Crippen LogP contribution in [0.1, 0.15) is 112 Å². The maximum atomic E-state index is 12.0. The molecule has 0 atom stereocenters. The van der Waals surface area contributed by atoms with Crippen LogP contribution in [-0.4, -0.2) is 18.1 Å². The molecule has 1 amide bonds. The smallest absolute Gasteiger partial charge is 0.353 e. The van der Waals surface area contributed by atoms with Gasteiger partial charge >= 0.3 is 5.97 Å². The third-order valence-corrected chi connectivity index (χ3v) is 6.57. The zero-order valence-corrected chi connectivity index (χ0v) is 21.4. The molecule has 5 nitrogen and oxygen atoms in total. The molecule has 2 rings (SSSR count). The van der Waals surface area contributed by atoms with Gasteiger partial charge in [-0.15, -0.1) is 11.3 Å². The van der Waals surface area contributed by atoms with Gasteiger partial charge in [-0.1, -0.05) is 90.0 Å². The number of unbranched alkanes of at least 4 members (excludes halogenated alkanes) is 12. The van der Waals surface area contributed by atoms with Crippen LogP contribution in [0.4, 0.5) is 0 Å². The molecule has 34 heavy (non-hydrogen) atoms. The lowest BCUT2D eigenvalue weighted by molar-refractivity contribution is -0.121. The van der Waals surface area contributed by atoms with Gasteiger partial charge in [-0.3, -0.25) is 4.79 Å². The number of hydrazone groups is 1. The summed E-state index contributed by atoms with van der Waals surface area (Å²) in [5.41, 5.74) is 3.40. The molecule has 1 heterocycles. The number of hydrogen-bond donors (Lipinski definition) is 1. The Morgan fingerprint density at radius 1 is 0.853 bits per heavy atom. The summed E-state index contributed by atoms with van der Waals surface area (Å²) < 4.78 is 5.33. The molecule has 0 aliphatic carbocycles. The zero-order chi connectivity index (χ0) is 24.3. The van der Waals surface area contributed by atoms with Crippen molar-refractivity contribution in [2.24, 2.45) is 5.10 Å². The molecular weight excluding hydrogens is 444 g/mol. The zero-order valence-electron chi connectivity index (χ0n) is 20.6. The lowest BCUT2D eigenvalue weighted by Crippen LogP contribution is -2.16. The van der Waals surface area contributed by atoms with Gasteiger partial charge in [-0.25, -0.2) is 10.2 Å². The number of rotatable bonds is 18. The Labute approximate surface area is 209 Å². The Morgan fingerprint density at radius 2 is 1.44 bits per heavy atom. The normalized spacial score (nSPS) is 11.1. The number of carbonyl (C=O) groups excluding carboxylic acids is 2. The van der Waals surface area contributed by atoms with Crippen LogP contribution in [0.3, 0.4) is 0 Å². The van der Waals surface area contributed by atoms with E-state index in [0.717, 1.165) is 18.4 Å². The maximum absolute atomic E-state index is 12.0. The molecule has 0 saturated carbocycles. The van der Waals surface area contributed by atoms with Crippen LogP contribution in [-0.2, 0) is 4.79 Å². The highest BCUT2D eigenvalue weighted by Crippen LogP contribution is 2.16. The SMILES string of the molecule is CCCCCCCCCCCCCCCC(=O)N/N=C/c1ccc(OC(=O)c2cccs2)cc1. The lowest BCUT2D eigenvalue weighted by atomic mass is 10.0. The molecule has 0 bridgehead atoms. The van der Waals surface area contributed by atoms with E-state index in [0.29, 0.717) is 17.0 Å². The topological polar surface area (TPSA) is 67.8 Å². The largest absolute Gasteiger partial charge is 0.422 e. The number of hydrogen-bond acceptors (Lipinski definition) is 5. The number of carbonyl (C=O) groups is 2. The Hall–Kier alpha value is -2.47. The highest BCUT2D eigenvalue weighted by molar-refractivity contribution is 7.12. The Bertz CT molecular complexity index is 832. The molecule has 6 heteroatoms. The van der Waals surface area contributed by atoms with Crippen molar-refractivity contribution in [3.05, 3.63) is 52.2 Å². The fourth-order valence-electron chi connectivity index (χ4n) is 3.71. The first-order valence-electron chi connectivity index (χ1n) is 12.9. The van der Waals surface area contributed by atoms with Gasteiger partial charge < -0.3 is 4.74 Å². The number of thiophene rings is 1. The van der Waals surface area contributed by atoms with Gasteiger partial charge in [0.25, 0.3) is 0 Å². The summed E-state index contributed by atoms with van der Waals surface area (Å²) in [6.45, 7) is 2.26. The van der Waals surface area contributed by atoms with Crippen LogP contribution in [0.15, 0.2) is 46.9 Å². The summed E-state index contributed by atoms with van der Waals surface area (Å²) in [6, 6.07) is 10.5. The van der Waals surface area contributed by atoms with Crippen LogP contribution in [0.25, 0.3) is 0 Å². The van der Waals surface area contributed by atoms with Gasteiger partial charge in [0.05, 0.1) is 6.21 Å². The van der Waals surface area contributed by atoms with Gasteiger partial charge in [0.15, 0.2) is 0 Å². The molecule has 0 aliphatic heterocycles. The highest BCUT2D eigenvalue weighted by Gasteiger charge is 2.09. The molecule has 0 spiro atoms. The molecular formula is C28H40N2O3S. The van der Waals surface area contributed by atoms with Crippen molar-refractivity contribution in [3.63, 3.8) is 0 Å². The van der Waals surface area contributed by atoms with Crippen LogP contribution in [0.2, 0.25) is 0 Å². The van der Waals surface area contributed by atoms with Crippen LogP contribution >= 0.6 is 11.3 Å². The summed E-state index contributed by atoms with van der Waals surface area (Å²) in [4.78, 5) is 24.5. The minimum absolute atomic E-state index is 0.0548. The number of esters is 1. The monoisotopic (exact) mass is 484 g/mol. The fraction of sp³-hybridized carbons (Fsp3) is 0.536. The van der Waals surface area contributed by atoms with E-state index in [1.165, 1.54) is 82.0 Å². The molecule has 0 radical (unpaired) electrons. The molecule has 0 fully saturated rings. The first-order valence-corrected chi connectivity index (χ1v) is 13.7. The number of nitrogens with one attached hydrogen (secondary N) is 1. The third kappa shape index (κ3) is 12.7. The Balaban J connectivity index is 1.46. The number of benzene rings is 1. The van der Waals surface area contributed by atoms with Gasteiger partial charge in [0.1, 0.15) is 10.6 Å². The van der Waals surface area contributed by atoms with Crippen molar-refractivity contribution in [2.45, 2.75) is 96.8 Å². The predicted octanol–water partition coefficient (Wildman–Crippen LogP) is 7.90. The lowest BCUT2D eigenvalue weighted by Gasteiger charge is -2.03. The summed E-state index contributed by atoms with van der Waals surface area (Å²) in [5, 5.41) is 5.86. The van der Waals surface area contributed by atoms with Crippen molar-refractivity contribution in [1.82, 2.24) is 5.43 Å². The molecule has 0 unspecified atom stereocenters. The van der Waals surface area contributed by atoms with Crippen molar-refractivity contribution in [3.8, 4) is 5.75 Å². The average Bonchev–Trinajstić information content (AvgIpc) is 3.38. The van der Waals surface area contributed by atoms with E-state index in [-0.39, 0.29) is 11.9 Å². The van der Waals surface area contributed by atoms with E-state index in [2.05, 4.69) is 17.5 Å².